The molecule has 0 saturated carbocycles. The summed E-state index contributed by atoms with van der Waals surface area (Å²) < 4.78 is 0. The lowest BCUT2D eigenvalue weighted by molar-refractivity contribution is 0.209. The van der Waals surface area contributed by atoms with Gasteiger partial charge in [-0.05, 0) is 34.8 Å². The van der Waals surface area contributed by atoms with Gasteiger partial charge >= 0.3 is 0 Å². The highest BCUT2D eigenvalue weighted by Crippen LogP contribution is 2.28. The van der Waals surface area contributed by atoms with Crippen molar-refractivity contribution in [2.24, 2.45) is 5.92 Å². The van der Waals surface area contributed by atoms with Gasteiger partial charge < -0.3 is 5.11 Å². The predicted octanol–water partition coefficient (Wildman–Crippen LogP) is 4.50. The van der Waals surface area contributed by atoms with Crippen molar-refractivity contribution >= 4 is 0 Å². The number of aliphatic hydroxyl groups excluding tert-OH is 1. The van der Waals surface area contributed by atoms with Crippen molar-refractivity contribution in [2.75, 3.05) is 6.61 Å². The lowest BCUT2D eigenvalue weighted by Crippen LogP contribution is -2.12. The van der Waals surface area contributed by atoms with E-state index in [0.29, 0.717) is 18.4 Å². The average Bonchev–Trinajstić information content (AvgIpc) is 2.34. The minimum Gasteiger partial charge on any atom is -0.396 e. The van der Waals surface area contributed by atoms with Crippen molar-refractivity contribution in [2.45, 2.75) is 58.8 Å². The molecule has 0 radical (unpaired) electrons. The van der Waals surface area contributed by atoms with Crippen LogP contribution in [-0.2, 0) is 5.41 Å². The van der Waals surface area contributed by atoms with Crippen LogP contribution in [0.15, 0.2) is 24.3 Å². The fraction of sp³-hybridized carbons (Fsp3) is 0.647. The molecule has 0 saturated heterocycles. The molecule has 0 aromatic heterocycles. The van der Waals surface area contributed by atoms with Gasteiger partial charge in [-0.15, -0.1) is 0 Å². The summed E-state index contributed by atoms with van der Waals surface area (Å²) in [5, 5.41) is 9.27. The van der Waals surface area contributed by atoms with E-state index in [0.717, 1.165) is 12.8 Å². The normalized spacial score (nSPS) is 15.4. The Labute approximate surface area is 112 Å². The summed E-state index contributed by atoms with van der Waals surface area (Å²) in [6, 6.07) is 8.97. The molecule has 0 bridgehead atoms. The Morgan fingerprint density at radius 2 is 1.67 bits per heavy atom. The fourth-order valence-corrected chi connectivity index (χ4v) is 2.32. The summed E-state index contributed by atoms with van der Waals surface area (Å²) in [6.45, 7) is 11.4. The molecule has 0 spiro atoms. The fourth-order valence-electron chi connectivity index (χ4n) is 2.32. The number of hydrogen-bond acceptors (Lipinski definition) is 1. The monoisotopic (exact) mass is 248 g/mol. The van der Waals surface area contributed by atoms with E-state index >= 15 is 0 Å². The molecule has 1 N–H and O–H groups in total. The number of rotatable bonds is 5. The minimum atomic E-state index is 0.221. The molecule has 1 nitrogen and oxygen atoms in total. The Morgan fingerprint density at radius 1 is 1.11 bits per heavy atom. The molecule has 1 heteroatoms. The van der Waals surface area contributed by atoms with Crippen LogP contribution >= 0.6 is 0 Å². The van der Waals surface area contributed by atoms with Gasteiger partial charge in [0.1, 0.15) is 0 Å². The van der Waals surface area contributed by atoms with Crippen LogP contribution in [0.25, 0.3) is 0 Å². The van der Waals surface area contributed by atoms with Crippen molar-refractivity contribution < 1.29 is 5.11 Å². The Hall–Kier alpha value is -0.820. The van der Waals surface area contributed by atoms with Crippen LogP contribution < -0.4 is 0 Å². The summed E-state index contributed by atoms with van der Waals surface area (Å²) >= 11 is 0. The molecule has 0 aliphatic carbocycles. The molecule has 0 amide bonds. The number of benzene rings is 1. The van der Waals surface area contributed by atoms with Crippen molar-refractivity contribution in [3.8, 4) is 0 Å². The van der Waals surface area contributed by atoms with Gasteiger partial charge in [0.05, 0.1) is 0 Å². The summed E-state index contributed by atoms with van der Waals surface area (Å²) in [6.07, 6.45) is 2.13. The smallest absolute Gasteiger partial charge is 0.0459 e. The Morgan fingerprint density at radius 3 is 2.06 bits per heavy atom. The van der Waals surface area contributed by atoms with Crippen LogP contribution in [-0.4, -0.2) is 11.7 Å². The highest BCUT2D eigenvalue weighted by Gasteiger charge is 2.15. The molecule has 0 fully saturated rings. The predicted molar refractivity (Wildman–Crippen MR) is 79.0 cm³/mol. The molecule has 102 valence electrons. The third-order valence-corrected chi connectivity index (χ3v) is 3.87. The zero-order valence-corrected chi connectivity index (χ0v) is 12.5. The van der Waals surface area contributed by atoms with Gasteiger partial charge in [0, 0.05) is 6.61 Å². The molecular formula is C17H28O. The van der Waals surface area contributed by atoms with Crippen molar-refractivity contribution in [3.63, 3.8) is 0 Å². The van der Waals surface area contributed by atoms with E-state index in [-0.39, 0.29) is 5.41 Å². The van der Waals surface area contributed by atoms with E-state index < -0.39 is 0 Å². The Kier molecular flexibility index (Phi) is 5.40. The van der Waals surface area contributed by atoms with E-state index in [1.165, 1.54) is 11.1 Å². The van der Waals surface area contributed by atoms with Crippen LogP contribution in [0, 0.1) is 5.92 Å². The first-order chi connectivity index (χ1) is 8.38. The van der Waals surface area contributed by atoms with E-state index in [1.54, 1.807) is 0 Å². The van der Waals surface area contributed by atoms with Crippen molar-refractivity contribution in [1.82, 2.24) is 0 Å². The molecule has 1 rings (SSSR count). The molecule has 2 unspecified atom stereocenters. The number of hydrogen-bond donors (Lipinski definition) is 1. The topological polar surface area (TPSA) is 20.2 Å². The Balaban J connectivity index is 2.73. The van der Waals surface area contributed by atoms with Crippen LogP contribution in [0.4, 0.5) is 0 Å². The summed E-state index contributed by atoms with van der Waals surface area (Å²) in [5.41, 5.74) is 2.99. The SMILES string of the molecule is CCC(CO)CC(C)c1ccc(C(C)(C)C)cc1. The second-order valence-electron chi connectivity index (χ2n) is 6.47. The van der Waals surface area contributed by atoms with Gasteiger partial charge in [-0.3, -0.25) is 0 Å². The van der Waals surface area contributed by atoms with Crippen LogP contribution in [0.2, 0.25) is 0 Å². The zero-order chi connectivity index (χ0) is 13.8. The maximum atomic E-state index is 9.27. The zero-order valence-electron chi connectivity index (χ0n) is 12.5. The van der Waals surface area contributed by atoms with Gasteiger partial charge in [-0.1, -0.05) is 65.3 Å². The summed E-state index contributed by atoms with van der Waals surface area (Å²) in [7, 11) is 0. The minimum absolute atomic E-state index is 0.221. The molecule has 0 heterocycles. The quantitative estimate of drug-likeness (QED) is 0.813. The third-order valence-electron chi connectivity index (χ3n) is 3.87. The molecule has 1 aromatic rings. The third kappa shape index (κ3) is 4.13. The molecule has 1 aromatic carbocycles. The summed E-state index contributed by atoms with van der Waals surface area (Å²) in [5.74, 6) is 0.957. The van der Waals surface area contributed by atoms with Crippen molar-refractivity contribution in [1.29, 1.82) is 0 Å². The first kappa shape index (κ1) is 15.2. The molecular weight excluding hydrogens is 220 g/mol. The van der Waals surface area contributed by atoms with Gasteiger partial charge in [0.15, 0.2) is 0 Å². The highest BCUT2D eigenvalue weighted by atomic mass is 16.3. The van der Waals surface area contributed by atoms with Crippen LogP contribution in [0.3, 0.4) is 0 Å². The maximum absolute atomic E-state index is 9.27. The lowest BCUT2D eigenvalue weighted by Gasteiger charge is -2.21. The summed E-state index contributed by atoms with van der Waals surface area (Å²) in [4.78, 5) is 0. The van der Waals surface area contributed by atoms with E-state index in [2.05, 4.69) is 58.9 Å². The molecule has 2 atom stereocenters. The standard InChI is InChI=1S/C17H28O/c1-6-14(12-18)11-13(2)15-7-9-16(10-8-15)17(3,4)5/h7-10,13-14,18H,6,11-12H2,1-5H3. The maximum Gasteiger partial charge on any atom is 0.0459 e. The van der Waals surface area contributed by atoms with Gasteiger partial charge in [-0.25, -0.2) is 0 Å². The molecule has 0 aliphatic rings. The van der Waals surface area contributed by atoms with Gasteiger partial charge in [-0.2, -0.15) is 0 Å². The number of aliphatic hydroxyl groups is 1. The van der Waals surface area contributed by atoms with Crippen LogP contribution in [0.5, 0.6) is 0 Å². The lowest BCUT2D eigenvalue weighted by atomic mass is 9.84. The second kappa shape index (κ2) is 6.38. The van der Waals surface area contributed by atoms with Gasteiger partial charge in [0.25, 0.3) is 0 Å². The second-order valence-corrected chi connectivity index (χ2v) is 6.47. The van der Waals surface area contributed by atoms with Crippen LogP contribution in [0.1, 0.15) is 64.5 Å². The average molecular weight is 248 g/mol. The molecule has 18 heavy (non-hydrogen) atoms. The largest absolute Gasteiger partial charge is 0.396 e. The first-order valence-corrected chi connectivity index (χ1v) is 7.09. The highest BCUT2D eigenvalue weighted by molar-refractivity contribution is 5.29. The molecule has 0 aliphatic heterocycles. The van der Waals surface area contributed by atoms with E-state index in [4.69, 9.17) is 0 Å². The van der Waals surface area contributed by atoms with Gasteiger partial charge in [0.2, 0.25) is 0 Å². The Bertz CT molecular complexity index is 341. The van der Waals surface area contributed by atoms with E-state index in [1.807, 2.05) is 0 Å². The van der Waals surface area contributed by atoms with Crippen molar-refractivity contribution in [3.05, 3.63) is 35.4 Å². The van der Waals surface area contributed by atoms with E-state index in [9.17, 15) is 5.11 Å². The first-order valence-electron chi connectivity index (χ1n) is 7.09.